The monoisotopic (exact) mass is 367 g/mol. The normalized spacial score (nSPS) is 10.9. The van der Waals surface area contributed by atoms with Gasteiger partial charge in [-0.3, -0.25) is 5.43 Å². The fourth-order valence-electron chi connectivity index (χ4n) is 2.53. The minimum atomic E-state index is 0.649. The Bertz CT molecular complexity index is 935. The van der Waals surface area contributed by atoms with Crippen molar-refractivity contribution in [1.82, 2.24) is 4.98 Å². The van der Waals surface area contributed by atoms with Gasteiger partial charge in [0.2, 0.25) is 5.13 Å². The average molecular weight is 367 g/mol. The Labute approximate surface area is 157 Å². The van der Waals surface area contributed by atoms with Crippen LogP contribution in [0.2, 0.25) is 0 Å². The van der Waals surface area contributed by atoms with Crippen molar-refractivity contribution in [2.75, 3.05) is 19.6 Å². The molecular formula is C20H21N3O2S. The molecule has 1 aromatic heterocycles. The number of hydrazone groups is 1. The van der Waals surface area contributed by atoms with E-state index in [-0.39, 0.29) is 0 Å². The van der Waals surface area contributed by atoms with Gasteiger partial charge in [-0.2, -0.15) is 5.10 Å². The number of aryl methyl sites for hydroxylation is 2. The van der Waals surface area contributed by atoms with E-state index in [1.54, 1.807) is 20.4 Å². The van der Waals surface area contributed by atoms with Gasteiger partial charge < -0.3 is 9.47 Å². The van der Waals surface area contributed by atoms with Crippen LogP contribution in [0.5, 0.6) is 11.5 Å². The van der Waals surface area contributed by atoms with E-state index in [2.05, 4.69) is 47.6 Å². The van der Waals surface area contributed by atoms with Gasteiger partial charge in [-0.1, -0.05) is 18.2 Å². The van der Waals surface area contributed by atoms with Gasteiger partial charge in [0.25, 0.3) is 0 Å². The Balaban J connectivity index is 1.74. The number of aromatic nitrogens is 1. The summed E-state index contributed by atoms with van der Waals surface area (Å²) in [5.74, 6) is 1.32. The van der Waals surface area contributed by atoms with Gasteiger partial charge in [0, 0.05) is 16.5 Å². The van der Waals surface area contributed by atoms with E-state index in [0.29, 0.717) is 11.5 Å². The molecule has 0 aliphatic rings. The van der Waals surface area contributed by atoms with Crippen molar-refractivity contribution < 1.29 is 9.47 Å². The first-order valence-electron chi connectivity index (χ1n) is 8.15. The first-order chi connectivity index (χ1) is 12.6. The lowest BCUT2D eigenvalue weighted by Crippen LogP contribution is -1.96. The Kier molecular flexibility index (Phi) is 5.53. The molecule has 0 atom stereocenters. The fourth-order valence-corrected chi connectivity index (χ4v) is 3.20. The highest BCUT2D eigenvalue weighted by Crippen LogP contribution is 2.30. The van der Waals surface area contributed by atoms with Crippen LogP contribution in [0.3, 0.4) is 0 Å². The largest absolute Gasteiger partial charge is 0.493 e. The third-order valence-electron chi connectivity index (χ3n) is 4.10. The number of anilines is 1. The lowest BCUT2D eigenvalue weighted by atomic mass is 10.1. The molecule has 1 heterocycles. The zero-order chi connectivity index (χ0) is 18.5. The second kappa shape index (κ2) is 8.01. The summed E-state index contributed by atoms with van der Waals surface area (Å²) in [6.07, 6.45) is 1.69. The van der Waals surface area contributed by atoms with Crippen molar-refractivity contribution >= 4 is 22.7 Å². The van der Waals surface area contributed by atoms with Crippen molar-refractivity contribution in [3.8, 4) is 22.8 Å². The van der Waals surface area contributed by atoms with E-state index in [0.717, 1.165) is 22.0 Å². The minimum absolute atomic E-state index is 0.649. The smallest absolute Gasteiger partial charge is 0.203 e. The van der Waals surface area contributed by atoms with Gasteiger partial charge in [-0.25, -0.2) is 4.98 Å². The lowest BCUT2D eigenvalue weighted by molar-refractivity contribution is 0.354. The third kappa shape index (κ3) is 3.86. The number of hydrogen-bond acceptors (Lipinski definition) is 6. The van der Waals surface area contributed by atoms with E-state index in [1.807, 2.05) is 23.6 Å². The minimum Gasteiger partial charge on any atom is -0.493 e. The molecule has 134 valence electrons. The molecule has 0 fully saturated rings. The van der Waals surface area contributed by atoms with Crippen LogP contribution in [-0.2, 0) is 0 Å². The first kappa shape index (κ1) is 17.9. The highest BCUT2D eigenvalue weighted by Gasteiger charge is 2.08. The zero-order valence-electron chi connectivity index (χ0n) is 15.2. The summed E-state index contributed by atoms with van der Waals surface area (Å²) in [6, 6.07) is 12.0. The maximum Gasteiger partial charge on any atom is 0.203 e. The molecule has 0 spiro atoms. The number of rotatable bonds is 6. The van der Waals surface area contributed by atoms with E-state index in [9.17, 15) is 0 Å². The second-order valence-electron chi connectivity index (χ2n) is 5.79. The summed E-state index contributed by atoms with van der Waals surface area (Å²) in [7, 11) is 3.22. The van der Waals surface area contributed by atoms with Crippen molar-refractivity contribution in [2.24, 2.45) is 5.10 Å². The number of nitrogens with zero attached hydrogens (tertiary/aromatic N) is 2. The summed E-state index contributed by atoms with van der Waals surface area (Å²) in [6.45, 7) is 4.21. The van der Waals surface area contributed by atoms with E-state index < -0.39 is 0 Å². The topological polar surface area (TPSA) is 55.7 Å². The maximum atomic E-state index is 5.40. The van der Waals surface area contributed by atoms with Gasteiger partial charge in [-0.05, 0) is 43.2 Å². The fraction of sp³-hybridized carbons (Fsp3) is 0.200. The van der Waals surface area contributed by atoms with Crippen LogP contribution >= 0.6 is 11.3 Å². The first-order valence-corrected chi connectivity index (χ1v) is 9.03. The highest BCUT2D eigenvalue weighted by molar-refractivity contribution is 7.14. The molecule has 2 aromatic carbocycles. The Morgan fingerprint density at radius 2 is 1.92 bits per heavy atom. The molecule has 0 bridgehead atoms. The molecule has 1 N–H and O–H groups in total. The number of ether oxygens (including phenoxy) is 2. The van der Waals surface area contributed by atoms with Crippen molar-refractivity contribution in [3.05, 3.63) is 58.5 Å². The van der Waals surface area contributed by atoms with Gasteiger partial charge >= 0.3 is 0 Å². The molecule has 0 saturated carbocycles. The van der Waals surface area contributed by atoms with Crippen LogP contribution in [-0.4, -0.2) is 25.4 Å². The maximum absolute atomic E-state index is 5.40. The number of methoxy groups -OCH3 is 2. The standard InChI is InChI=1S/C20H21N3O2S/c1-13-8-9-15(10-14(13)2)17-12-26-20(22-17)23-21-11-16-6-5-7-18(24-3)19(16)25-4/h5-12H,1-4H3,(H,22,23)/b21-11-. The number of benzene rings is 2. The number of para-hydroxylation sites is 1. The van der Waals surface area contributed by atoms with Crippen LogP contribution in [0.15, 0.2) is 46.9 Å². The number of nitrogens with one attached hydrogen (secondary N) is 1. The molecule has 0 saturated heterocycles. The zero-order valence-corrected chi connectivity index (χ0v) is 16.1. The molecule has 3 aromatic rings. The third-order valence-corrected chi connectivity index (χ3v) is 4.85. The van der Waals surface area contributed by atoms with Crippen LogP contribution < -0.4 is 14.9 Å². The van der Waals surface area contributed by atoms with Crippen molar-refractivity contribution in [2.45, 2.75) is 13.8 Å². The predicted octanol–water partition coefficient (Wildman–Crippen LogP) is 4.89. The molecule has 3 rings (SSSR count). The average Bonchev–Trinajstić information content (AvgIpc) is 3.12. The number of hydrogen-bond donors (Lipinski definition) is 1. The molecule has 0 aliphatic heterocycles. The molecule has 6 heteroatoms. The van der Waals surface area contributed by atoms with Crippen molar-refractivity contribution in [1.29, 1.82) is 0 Å². The summed E-state index contributed by atoms with van der Waals surface area (Å²) in [4.78, 5) is 4.60. The Morgan fingerprint density at radius 3 is 2.65 bits per heavy atom. The summed E-state index contributed by atoms with van der Waals surface area (Å²) < 4.78 is 10.7. The molecular weight excluding hydrogens is 346 g/mol. The van der Waals surface area contributed by atoms with Crippen LogP contribution in [0, 0.1) is 13.8 Å². The van der Waals surface area contributed by atoms with Crippen LogP contribution in [0.25, 0.3) is 11.3 Å². The Hall–Kier alpha value is -2.86. The van der Waals surface area contributed by atoms with Gasteiger partial charge in [0.05, 0.1) is 26.1 Å². The van der Waals surface area contributed by atoms with E-state index in [4.69, 9.17) is 9.47 Å². The molecule has 0 unspecified atom stereocenters. The SMILES string of the molecule is COc1cccc(/C=N\Nc2nc(-c3ccc(C)c(C)c3)cs2)c1OC. The predicted molar refractivity (Wildman–Crippen MR) is 108 cm³/mol. The van der Waals surface area contributed by atoms with Gasteiger partial charge in [0.15, 0.2) is 11.5 Å². The molecule has 0 amide bonds. The highest BCUT2D eigenvalue weighted by atomic mass is 32.1. The molecule has 5 nitrogen and oxygen atoms in total. The van der Waals surface area contributed by atoms with Crippen LogP contribution in [0.1, 0.15) is 16.7 Å². The van der Waals surface area contributed by atoms with Crippen LogP contribution in [0.4, 0.5) is 5.13 Å². The second-order valence-corrected chi connectivity index (χ2v) is 6.65. The summed E-state index contributed by atoms with van der Waals surface area (Å²) in [5, 5.41) is 7.03. The molecule has 26 heavy (non-hydrogen) atoms. The van der Waals surface area contributed by atoms with Crippen molar-refractivity contribution in [3.63, 3.8) is 0 Å². The van der Waals surface area contributed by atoms with E-state index in [1.165, 1.54) is 22.5 Å². The molecule has 0 radical (unpaired) electrons. The quantitative estimate of drug-likeness (QED) is 0.498. The Morgan fingerprint density at radius 1 is 1.08 bits per heavy atom. The lowest BCUT2D eigenvalue weighted by Gasteiger charge is -2.09. The van der Waals surface area contributed by atoms with Gasteiger partial charge in [0.1, 0.15) is 0 Å². The molecule has 0 aliphatic carbocycles. The van der Waals surface area contributed by atoms with E-state index >= 15 is 0 Å². The number of thiazole rings is 1. The van der Waals surface area contributed by atoms with Gasteiger partial charge in [-0.15, -0.1) is 11.3 Å². The summed E-state index contributed by atoms with van der Waals surface area (Å²) >= 11 is 1.52. The summed E-state index contributed by atoms with van der Waals surface area (Å²) in [5.41, 5.74) is 8.38.